The number of ether oxygens (including phenoxy) is 1. The lowest BCUT2D eigenvalue weighted by atomic mass is 10.2. The van der Waals surface area contributed by atoms with Gasteiger partial charge in [0.25, 0.3) is 0 Å². The SMILES string of the molecule is CCCC(C)Oc1ccc2ncc(-c3cc4ccccc4s3)n2n1. The maximum absolute atomic E-state index is 5.93. The van der Waals surface area contributed by atoms with E-state index in [2.05, 4.69) is 54.3 Å². The fourth-order valence-corrected chi connectivity index (χ4v) is 3.93. The van der Waals surface area contributed by atoms with Crippen molar-refractivity contribution in [2.75, 3.05) is 0 Å². The molecule has 1 unspecified atom stereocenters. The first-order valence-electron chi connectivity index (χ1n) is 8.25. The number of thiophene rings is 1. The molecular formula is C19H19N3OS. The number of hydrogen-bond acceptors (Lipinski definition) is 4. The number of fused-ring (bicyclic) bond motifs is 2. The van der Waals surface area contributed by atoms with Crippen LogP contribution in [0.15, 0.2) is 48.7 Å². The second kappa shape index (κ2) is 6.24. The molecular weight excluding hydrogens is 318 g/mol. The summed E-state index contributed by atoms with van der Waals surface area (Å²) in [5.74, 6) is 0.642. The smallest absolute Gasteiger partial charge is 0.232 e. The van der Waals surface area contributed by atoms with Crippen LogP contribution in [0.3, 0.4) is 0 Å². The van der Waals surface area contributed by atoms with Crippen LogP contribution in [0.25, 0.3) is 26.3 Å². The van der Waals surface area contributed by atoms with Crippen LogP contribution in [0, 0.1) is 0 Å². The van der Waals surface area contributed by atoms with E-state index < -0.39 is 0 Å². The zero-order valence-electron chi connectivity index (χ0n) is 13.8. The molecule has 5 heteroatoms. The van der Waals surface area contributed by atoms with E-state index in [1.165, 1.54) is 10.1 Å². The summed E-state index contributed by atoms with van der Waals surface area (Å²) in [6.07, 6.45) is 4.16. The summed E-state index contributed by atoms with van der Waals surface area (Å²) in [7, 11) is 0. The molecule has 0 saturated carbocycles. The van der Waals surface area contributed by atoms with Crippen LogP contribution >= 0.6 is 11.3 Å². The summed E-state index contributed by atoms with van der Waals surface area (Å²) in [6, 6.07) is 14.4. The van der Waals surface area contributed by atoms with E-state index >= 15 is 0 Å². The molecule has 4 rings (SSSR count). The summed E-state index contributed by atoms with van der Waals surface area (Å²) in [4.78, 5) is 5.64. The second-order valence-corrected chi connectivity index (χ2v) is 7.03. The van der Waals surface area contributed by atoms with Gasteiger partial charge in [0, 0.05) is 10.8 Å². The van der Waals surface area contributed by atoms with Gasteiger partial charge in [-0.05, 0) is 36.9 Å². The van der Waals surface area contributed by atoms with E-state index in [1.807, 2.05) is 22.8 Å². The maximum atomic E-state index is 5.93. The highest BCUT2D eigenvalue weighted by molar-refractivity contribution is 7.22. The first-order chi connectivity index (χ1) is 11.7. The van der Waals surface area contributed by atoms with Crippen molar-refractivity contribution < 1.29 is 4.74 Å². The van der Waals surface area contributed by atoms with Crippen molar-refractivity contribution in [2.45, 2.75) is 32.8 Å². The molecule has 0 aliphatic heterocycles. The van der Waals surface area contributed by atoms with E-state index in [1.54, 1.807) is 11.3 Å². The molecule has 0 amide bonds. The lowest BCUT2D eigenvalue weighted by Gasteiger charge is -2.12. The van der Waals surface area contributed by atoms with Gasteiger partial charge in [0.05, 0.1) is 17.2 Å². The average Bonchev–Trinajstić information content (AvgIpc) is 3.18. The Morgan fingerprint density at radius 2 is 2.08 bits per heavy atom. The highest BCUT2D eigenvalue weighted by Gasteiger charge is 2.12. The molecule has 0 fully saturated rings. The number of hydrogen-bond donors (Lipinski definition) is 0. The maximum Gasteiger partial charge on any atom is 0.232 e. The standard InChI is InChI=1S/C19H19N3OS/c1-3-6-13(2)23-19-10-9-18-20-12-15(22(18)21-19)17-11-14-7-4-5-8-16(14)24-17/h4-5,7-13H,3,6H2,1-2H3. The molecule has 0 spiro atoms. The molecule has 3 heterocycles. The Balaban J connectivity index is 1.75. The largest absolute Gasteiger partial charge is 0.474 e. The van der Waals surface area contributed by atoms with Crippen LogP contribution < -0.4 is 4.74 Å². The summed E-state index contributed by atoms with van der Waals surface area (Å²) < 4.78 is 9.07. The van der Waals surface area contributed by atoms with E-state index in [4.69, 9.17) is 4.74 Å². The summed E-state index contributed by atoms with van der Waals surface area (Å²) >= 11 is 1.76. The van der Waals surface area contributed by atoms with Gasteiger partial charge in [-0.25, -0.2) is 9.50 Å². The van der Waals surface area contributed by atoms with Crippen molar-refractivity contribution in [1.29, 1.82) is 0 Å². The normalized spacial score (nSPS) is 12.8. The van der Waals surface area contributed by atoms with E-state index in [-0.39, 0.29) is 6.10 Å². The van der Waals surface area contributed by atoms with E-state index in [0.717, 1.165) is 29.1 Å². The van der Waals surface area contributed by atoms with Crippen molar-refractivity contribution in [3.8, 4) is 16.5 Å². The molecule has 0 N–H and O–H groups in total. The molecule has 0 saturated heterocycles. The van der Waals surface area contributed by atoms with Gasteiger partial charge in [-0.1, -0.05) is 31.5 Å². The second-order valence-electron chi connectivity index (χ2n) is 5.95. The molecule has 3 aromatic heterocycles. The molecule has 0 aliphatic rings. The Bertz CT molecular complexity index is 956. The molecule has 0 radical (unpaired) electrons. The van der Waals surface area contributed by atoms with Gasteiger partial charge in [0.2, 0.25) is 5.88 Å². The lowest BCUT2D eigenvalue weighted by molar-refractivity contribution is 0.199. The average molecular weight is 337 g/mol. The zero-order valence-corrected chi connectivity index (χ0v) is 14.6. The lowest BCUT2D eigenvalue weighted by Crippen LogP contribution is -2.12. The van der Waals surface area contributed by atoms with E-state index in [0.29, 0.717) is 5.88 Å². The van der Waals surface area contributed by atoms with Gasteiger partial charge in [-0.3, -0.25) is 0 Å². The van der Waals surface area contributed by atoms with Crippen molar-refractivity contribution in [3.63, 3.8) is 0 Å². The van der Waals surface area contributed by atoms with Crippen LogP contribution in [0.1, 0.15) is 26.7 Å². The fourth-order valence-electron chi connectivity index (χ4n) is 2.87. The highest BCUT2D eigenvalue weighted by Crippen LogP contribution is 2.33. The van der Waals surface area contributed by atoms with Crippen molar-refractivity contribution >= 4 is 27.1 Å². The molecule has 0 aliphatic carbocycles. The quantitative estimate of drug-likeness (QED) is 0.504. The van der Waals surface area contributed by atoms with Crippen LogP contribution in [-0.4, -0.2) is 20.7 Å². The zero-order chi connectivity index (χ0) is 16.5. The molecule has 1 aromatic carbocycles. The summed E-state index contributed by atoms with van der Waals surface area (Å²) in [6.45, 7) is 4.24. The van der Waals surface area contributed by atoms with Crippen LogP contribution in [0.4, 0.5) is 0 Å². The summed E-state index contributed by atoms with van der Waals surface area (Å²) in [5.41, 5.74) is 1.83. The fraction of sp³-hybridized carbons (Fsp3) is 0.263. The van der Waals surface area contributed by atoms with Gasteiger partial charge < -0.3 is 4.74 Å². The van der Waals surface area contributed by atoms with Gasteiger partial charge in [-0.15, -0.1) is 16.4 Å². The van der Waals surface area contributed by atoms with E-state index in [9.17, 15) is 0 Å². The number of rotatable bonds is 5. The molecule has 122 valence electrons. The number of aromatic nitrogens is 3. The Labute approximate surface area is 144 Å². The van der Waals surface area contributed by atoms with Crippen LogP contribution in [0.2, 0.25) is 0 Å². The molecule has 4 nitrogen and oxygen atoms in total. The third kappa shape index (κ3) is 2.76. The predicted molar refractivity (Wildman–Crippen MR) is 98.8 cm³/mol. The monoisotopic (exact) mass is 337 g/mol. The van der Waals surface area contributed by atoms with Gasteiger partial charge in [0.15, 0.2) is 5.65 Å². The molecule has 24 heavy (non-hydrogen) atoms. The van der Waals surface area contributed by atoms with Crippen LogP contribution in [0.5, 0.6) is 5.88 Å². The number of nitrogens with zero attached hydrogens (tertiary/aromatic N) is 3. The first-order valence-corrected chi connectivity index (χ1v) is 9.06. The first kappa shape index (κ1) is 15.1. The highest BCUT2D eigenvalue weighted by atomic mass is 32.1. The Morgan fingerprint density at radius 1 is 1.21 bits per heavy atom. The topological polar surface area (TPSA) is 39.4 Å². The van der Waals surface area contributed by atoms with Gasteiger partial charge in [0.1, 0.15) is 5.69 Å². The minimum Gasteiger partial charge on any atom is -0.474 e. The molecule has 1 atom stereocenters. The number of imidazole rings is 1. The minimum absolute atomic E-state index is 0.163. The van der Waals surface area contributed by atoms with Gasteiger partial charge in [-0.2, -0.15) is 0 Å². The van der Waals surface area contributed by atoms with Crippen molar-refractivity contribution in [1.82, 2.24) is 14.6 Å². The van der Waals surface area contributed by atoms with Crippen molar-refractivity contribution in [2.24, 2.45) is 0 Å². The van der Waals surface area contributed by atoms with Crippen LogP contribution in [-0.2, 0) is 0 Å². The minimum atomic E-state index is 0.163. The molecule has 4 aromatic rings. The third-order valence-corrected chi connectivity index (χ3v) is 5.17. The van der Waals surface area contributed by atoms with Crippen molar-refractivity contribution in [3.05, 3.63) is 48.7 Å². The Hall–Kier alpha value is -2.40. The predicted octanol–water partition coefficient (Wildman–Crippen LogP) is 5.18. The molecule has 0 bridgehead atoms. The summed E-state index contributed by atoms with van der Waals surface area (Å²) in [5, 5.41) is 5.89. The Morgan fingerprint density at radius 3 is 2.92 bits per heavy atom. The Kier molecular flexibility index (Phi) is 3.94. The van der Waals surface area contributed by atoms with Gasteiger partial charge >= 0.3 is 0 Å². The third-order valence-electron chi connectivity index (χ3n) is 4.03. The number of benzene rings is 1.